The first-order valence-electron chi connectivity index (χ1n) is 7.13. The monoisotopic (exact) mass is 338 g/mol. The number of rotatable bonds is 7. The molecule has 1 heterocycles. The summed E-state index contributed by atoms with van der Waals surface area (Å²) in [6, 6.07) is 7.99. The fourth-order valence-corrected chi connectivity index (χ4v) is 2.47. The third-order valence-electron chi connectivity index (χ3n) is 3.50. The molecule has 0 fully saturated rings. The van der Waals surface area contributed by atoms with Crippen molar-refractivity contribution in [1.29, 1.82) is 0 Å². The van der Waals surface area contributed by atoms with Crippen molar-refractivity contribution in [2.75, 3.05) is 6.54 Å². The van der Waals surface area contributed by atoms with Crippen LogP contribution in [0.5, 0.6) is 0 Å². The normalized spacial score (nSPS) is 13.7. The van der Waals surface area contributed by atoms with Crippen molar-refractivity contribution >= 4 is 17.4 Å². The molecule has 0 aliphatic heterocycles. The van der Waals surface area contributed by atoms with E-state index in [-0.39, 0.29) is 17.6 Å². The molecule has 0 amide bonds. The van der Waals surface area contributed by atoms with E-state index in [0.29, 0.717) is 13.1 Å². The Morgan fingerprint density at radius 1 is 1.48 bits per heavy atom. The van der Waals surface area contributed by atoms with Gasteiger partial charge in [0, 0.05) is 13.1 Å². The molecule has 0 aliphatic rings. The largest absolute Gasteiger partial charge is 0.387 e. The molecule has 1 aromatic heterocycles. The Kier molecular flexibility index (Phi) is 5.35. The van der Waals surface area contributed by atoms with Crippen LogP contribution < -0.4 is 5.32 Å². The Balaban J connectivity index is 1.94. The number of nitro groups is 1. The lowest BCUT2D eigenvalue weighted by molar-refractivity contribution is -0.389. The van der Waals surface area contributed by atoms with Gasteiger partial charge in [-0.25, -0.2) is 0 Å². The Hall–Kier alpha value is -1.96. The lowest BCUT2D eigenvalue weighted by atomic mass is 10.1. The summed E-state index contributed by atoms with van der Waals surface area (Å²) in [6.07, 6.45) is 1.22. The van der Waals surface area contributed by atoms with Crippen molar-refractivity contribution in [1.82, 2.24) is 14.9 Å². The number of nitrogens with one attached hydrogen (secondary N) is 1. The number of hydrogen-bond donors (Lipinski definition) is 2. The number of halogens is 1. The third-order valence-corrected chi connectivity index (χ3v) is 3.80. The standard InChI is InChI=1S/C15H19ClN4O3/c1-11-5-3-4-6-12(11)7-17-9-15(2,21)10-19-8-13(20(22)23)18-14(19)16/h3-6,8,17,21H,7,9-10H2,1-2H3/t15-/m0/s1. The number of aromatic nitrogens is 2. The molecule has 1 aromatic carbocycles. The van der Waals surface area contributed by atoms with Crippen LogP contribution in [-0.4, -0.2) is 31.7 Å². The summed E-state index contributed by atoms with van der Waals surface area (Å²) in [5, 5.41) is 24.3. The fraction of sp³-hybridized carbons (Fsp3) is 0.400. The van der Waals surface area contributed by atoms with Crippen molar-refractivity contribution < 1.29 is 10.0 Å². The van der Waals surface area contributed by atoms with Gasteiger partial charge in [0.05, 0.1) is 12.1 Å². The van der Waals surface area contributed by atoms with Crippen LogP contribution >= 0.6 is 11.6 Å². The molecule has 7 nitrogen and oxygen atoms in total. The van der Waals surface area contributed by atoms with E-state index in [1.54, 1.807) is 6.92 Å². The Labute approximate surface area is 139 Å². The fourth-order valence-electron chi connectivity index (χ4n) is 2.28. The molecule has 0 saturated heterocycles. The van der Waals surface area contributed by atoms with Crippen molar-refractivity contribution in [3.63, 3.8) is 0 Å². The topological polar surface area (TPSA) is 93.2 Å². The van der Waals surface area contributed by atoms with Crippen molar-refractivity contribution in [3.8, 4) is 0 Å². The molecule has 0 aliphatic carbocycles. The average molecular weight is 339 g/mol. The van der Waals surface area contributed by atoms with Gasteiger partial charge in [-0.3, -0.25) is 4.57 Å². The van der Waals surface area contributed by atoms with Crippen molar-refractivity contribution in [2.24, 2.45) is 0 Å². The molecule has 0 radical (unpaired) electrons. The second kappa shape index (κ2) is 7.08. The van der Waals surface area contributed by atoms with E-state index >= 15 is 0 Å². The van der Waals surface area contributed by atoms with E-state index in [2.05, 4.69) is 10.3 Å². The van der Waals surface area contributed by atoms with Crippen molar-refractivity contribution in [3.05, 3.63) is 57.0 Å². The SMILES string of the molecule is Cc1ccccc1CNC[C@](C)(O)Cn1cc([N+](=O)[O-])nc1Cl. The number of imidazole rings is 1. The minimum atomic E-state index is -1.12. The molecule has 0 spiro atoms. The first kappa shape index (κ1) is 17.4. The molecule has 23 heavy (non-hydrogen) atoms. The number of nitrogens with zero attached hydrogens (tertiary/aromatic N) is 3. The van der Waals surface area contributed by atoms with Crippen LogP contribution in [0.1, 0.15) is 18.1 Å². The predicted octanol–water partition coefficient (Wildman–Crippen LogP) is 2.29. The van der Waals surface area contributed by atoms with Gasteiger partial charge in [0.15, 0.2) is 0 Å². The minimum Gasteiger partial charge on any atom is -0.387 e. The van der Waals surface area contributed by atoms with Crippen molar-refractivity contribution in [2.45, 2.75) is 32.5 Å². The molecular formula is C15H19ClN4O3. The summed E-state index contributed by atoms with van der Waals surface area (Å²) < 4.78 is 1.37. The van der Waals surface area contributed by atoms with E-state index < -0.39 is 10.5 Å². The molecular weight excluding hydrogens is 320 g/mol. The highest BCUT2D eigenvalue weighted by Crippen LogP contribution is 2.18. The van der Waals surface area contributed by atoms with E-state index in [0.717, 1.165) is 5.56 Å². The first-order valence-corrected chi connectivity index (χ1v) is 7.51. The number of benzene rings is 1. The summed E-state index contributed by atoms with van der Waals surface area (Å²) in [4.78, 5) is 13.7. The minimum absolute atomic E-state index is 0.0177. The van der Waals surface area contributed by atoms with Gasteiger partial charge in [-0.05, 0) is 46.5 Å². The number of hydrogen-bond acceptors (Lipinski definition) is 5. The van der Waals surface area contributed by atoms with Gasteiger partial charge in [-0.2, -0.15) is 0 Å². The van der Waals surface area contributed by atoms with Crippen LogP contribution in [0.3, 0.4) is 0 Å². The van der Waals surface area contributed by atoms with E-state index in [1.165, 1.54) is 16.3 Å². The molecule has 0 unspecified atom stereocenters. The molecule has 124 valence electrons. The van der Waals surface area contributed by atoms with Crippen LogP contribution in [-0.2, 0) is 13.1 Å². The third kappa shape index (κ3) is 4.75. The van der Waals surface area contributed by atoms with E-state index in [1.807, 2.05) is 31.2 Å². The highest BCUT2D eigenvalue weighted by atomic mass is 35.5. The zero-order valence-corrected chi connectivity index (χ0v) is 13.7. The summed E-state index contributed by atoms with van der Waals surface area (Å²) in [7, 11) is 0. The van der Waals surface area contributed by atoms with Gasteiger partial charge in [-0.15, -0.1) is 0 Å². The molecule has 1 atom stereocenters. The smallest absolute Gasteiger partial charge is 0.383 e. The van der Waals surface area contributed by atoms with Gasteiger partial charge in [0.1, 0.15) is 6.20 Å². The van der Waals surface area contributed by atoms with Crippen LogP contribution in [0.25, 0.3) is 0 Å². The summed E-state index contributed by atoms with van der Waals surface area (Å²) in [5.41, 5.74) is 1.20. The maximum absolute atomic E-state index is 10.7. The maximum Gasteiger partial charge on any atom is 0.383 e. The van der Waals surface area contributed by atoms with Gasteiger partial charge < -0.3 is 20.5 Å². The number of aliphatic hydroxyl groups is 1. The Morgan fingerprint density at radius 3 is 2.78 bits per heavy atom. The zero-order chi connectivity index (χ0) is 17.0. The second-order valence-electron chi connectivity index (χ2n) is 5.78. The quantitative estimate of drug-likeness (QED) is 0.597. The Morgan fingerprint density at radius 2 is 2.17 bits per heavy atom. The van der Waals surface area contributed by atoms with Gasteiger partial charge >= 0.3 is 11.1 Å². The van der Waals surface area contributed by atoms with Gasteiger partial charge in [0.2, 0.25) is 0 Å². The first-order chi connectivity index (χ1) is 10.8. The molecule has 2 rings (SSSR count). The second-order valence-corrected chi connectivity index (χ2v) is 6.12. The molecule has 2 N–H and O–H groups in total. The lowest BCUT2D eigenvalue weighted by Gasteiger charge is -2.24. The highest BCUT2D eigenvalue weighted by molar-refractivity contribution is 6.28. The maximum atomic E-state index is 10.7. The summed E-state index contributed by atoms with van der Waals surface area (Å²) in [5.74, 6) is -0.335. The number of aryl methyl sites for hydroxylation is 1. The molecule has 2 aromatic rings. The van der Waals surface area contributed by atoms with Gasteiger partial charge in [-0.1, -0.05) is 24.3 Å². The van der Waals surface area contributed by atoms with Crippen LogP contribution in [0.4, 0.5) is 5.82 Å². The molecule has 0 bridgehead atoms. The highest BCUT2D eigenvalue weighted by Gasteiger charge is 2.25. The molecule has 0 saturated carbocycles. The van der Waals surface area contributed by atoms with E-state index in [9.17, 15) is 15.2 Å². The lowest BCUT2D eigenvalue weighted by Crippen LogP contribution is -2.41. The van der Waals surface area contributed by atoms with Crippen LogP contribution in [0, 0.1) is 17.0 Å². The zero-order valence-electron chi connectivity index (χ0n) is 13.0. The molecule has 8 heteroatoms. The predicted molar refractivity (Wildman–Crippen MR) is 87.4 cm³/mol. The van der Waals surface area contributed by atoms with Crippen LogP contribution in [0.15, 0.2) is 30.5 Å². The van der Waals surface area contributed by atoms with Gasteiger partial charge in [0.25, 0.3) is 0 Å². The Bertz CT molecular complexity index is 700. The summed E-state index contributed by atoms with van der Waals surface area (Å²) >= 11 is 5.86. The average Bonchev–Trinajstić information content (AvgIpc) is 2.82. The van der Waals surface area contributed by atoms with Crippen LogP contribution in [0.2, 0.25) is 5.28 Å². The summed E-state index contributed by atoms with van der Waals surface area (Å²) in [6.45, 7) is 4.71. The van der Waals surface area contributed by atoms with E-state index in [4.69, 9.17) is 11.6 Å².